The number of nitrogens with one attached hydrogen (secondary N) is 2. The molecule has 3 N–H and O–H groups in total. The molecule has 0 saturated carbocycles. The first kappa shape index (κ1) is 23.1. The highest BCUT2D eigenvalue weighted by molar-refractivity contribution is 14.1. The quantitative estimate of drug-likeness (QED) is 0.240. The van der Waals surface area contributed by atoms with Crippen LogP contribution in [0.4, 0.5) is 5.69 Å². The number of carboxylic acids is 1. The average molecular weight is 526 g/mol. The van der Waals surface area contributed by atoms with Gasteiger partial charge in [0.05, 0.1) is 17.9 Å². The van der Waals surface area contributed by atoms with Crippen molar-refractivity contribution in [2.24, 2.45) is 0 Å². The molecular weight excluding hydrogens is 503 g/mol. The zero-order valence-corrected chi connectivity index (χ0v) is 19.0. The van der Waals surface area contributed by atoms with Gasteiger partial charge in [0.25, 0.3) is 5.91 Å². The van der Waals surface area contributed by atoms with Crippen molar-refractivity contribution in [2.45, 2.75) is 32.6 Å². The van der Waals surface area contributed by atoms with Gasteiger partial charge in [-0.25, -0.2) is 4.79 Å². The summed E-state index contributed by atoms with van der Waals surface area (Å²) in [6, 6.07) is 11.7. The fraction of sp³-hybridized carbons (Fsp3) is 0.286. The molecule has 0 spiro atoms. The number of ether oxygens (including phenoxy) is 1. The van der Waals surface area contributed by atoms with Crippen LogP contribution in [-0.4, -0.2) is 28.7 Å². The molecule has 6 nitrogen and oxygen atoms in total. The van der Waals surface area contributed by atoms with E-state index in [9.17, 15) is 14.7 Å². The molecular formula is C21H23IN2O4S. The van der Waals surface area contributed by atoms with Gasteiger partial charge in [0.15, 0.2) is 5.11 Å². The summed E-state index contributed by atoms with van der Waals surface area (Å²) >= 11 is 7.18. The molecule has 2 aromatic rings. The van der Waals surface area contributed by atoms with Crippen LogP contribution >= 0.6 is 34.8 Å². The Kier molecular flexibility index (Phi) is 9.33. The van der Waals surface area contributed by atoms with E-state index in [0.29, 0.717) is 23.6 Å². The second-order valence-corrected chi connectivity index (χ2v) is 7.99. The fourth-order valence-electron chi connectivity index (χ4n) is 2.55. The topological polar surface area (TPSA) is 87.7 Å². The number of halogens is 1. The zero-order chi connectivity index (χ0) is 21.2. The van der Waals surface area contributed by atoms with Gasteiger partial charge in [-0.2, -0.15) is 0 Å². The Hall–Kier alpha value is -2.20. The number of hydrogen-bond donors (Lipinski definition) is 3. The van der Waals surface area contributed by atoms with Gasteiger partial charge in [-0.05, 0) is 83.7 Å². The van der Waals surface area contributed by atoms with E-state index in [4.69, 9.17) is 17.0 Å². The normalized spacial score (nSPS) is 10.3. The largest absolute Gasteiger partial charge is 0.494 e. The molecule has 1 amide bonds. The predicted molar refractivity (Wildman–Crippen MR) is 126 cm³/mol. The smallest absolute Gasteiger partial charge is 0.337 e. The van der Waals surface area contributed by atoms with Crippen LogP contribution in [0.5, 0.6) is 5.75 Å². The van der Waals surface area contributed by atoms with Crippen molar-refractivity contribution in [2.75, 3.05) is 11.9 Å². The maximum Gasteiger partial charge on any atom is 0.337 e. The minimum atomic E-state index is -1.08. The molecule has 0 radical (unpaired) electrons. The Morgan fingerprint density at radius 2 is 1.83 bits per heavy atom. The third-order valence-electron chi connectivity index (χ3n) is 4.07. The molecule has 0 unspecified atom stereocenters. The van der Waals surface area contributed by atoms with Gasteiger partial charge in [-0.3, -0.25) is 10.1 Å². The lowest BCUT2D eigenvalue weighted by molar-refractivity contribution is 0.0697. The van der Waals surface area contributed by atoms with E-state index in [1.165, 1.54) is 18.9 Å². The summed E-state index contributed by atoms with van der Waals surface area (Å²) in [6.45, 7) is 2.82. The third-order valence-corrected chi connectivity index (χ3v) is 4.95. The monoisotopic (exact) mass is 526 g/mol. The fourth-order valence-corrected chi connectivity index (χ4v) is 3.25. The number of unbranched alkanes of at least 4 members (excludes halogenated alkanes) is 3. The van der Waals surface area contributed by atoms with Gasteiger partial charge in [-0.1, -0.05) is 26.2 Å². The number of thiocarbonyl (C=S) groups is 1. The highest BCUT2D eigenvalue weighted by Gasteiger charge is 2.13. The number of benzene rings is 2. The lowest BCUT2D eigenvalue weighted by atomic mass is 10.2. The molecule has 0 fully saturated rings. The molecule has 2 rings (SSSR count). The Morgan fingerprint density at radius 3 is 2.48 bits per heavy atom. The molecule has 29 heavy (non-hydrogen) atoms. The number of amides is 1. The van der Waals surface area contributed by atoms with Crippen LogP contribution in [0.1, 0.15) is 53.3 Å². The summed E-state index contributed by atoms with van der Waals surface area (Å²) in [5.41, 5.74) is 0.817. The van der Waals surface area contributed by atoms with Crippen molar-refractivity contribution >= 4 is 57.5 Å². The Bertz CT molecular complexity index is 871. The summed E-state index contributed by atoms with van der Waals surface area (Å²) in [4.78, 5) is 23.7. The van der Waals surface area contributed by atoms with Crippen molar-refractivity contribution in [3.8, 4) is 5.75 Å². The lowest BCUT2D eigenvalue weighted by Crippen LogP contribution is -2.34. The van der Waals surface area contributed by atoms with Crippen molar-refractivity contribution in [1.29, 1.82) is 0 Å². The van der Waals surface area contributed by atoms with Crippen molar-refractivity contribution in [3.63, 3.8) is 0 Å². The highest BCUT2D eigenvalue weighted by atomic mass is 127. The minimum absolute atomic E-state index is 0.0231. The third kappa shape index (κ3) is 7.62. The number of aromatic carboxylic acids is 1. The van der Waals surface area contributed by atoms with E-state index in [1.54, 1.807) is 36.4 Å². The SMILES string of the molecule is CCCCCCOc1ccc(C(=O)NC(=S)Nc2ccc(I)cc2C(=O)O)cc1. The molecule has 0 heterocycles. The standard InChI is InChI=1S/C21H23IN2O4S/c1-2-3-4-5-12-28-16-9-6-14(7-10-16)19(25)24-21(29)23-18-11-8-15(22)13-17(18)20(26)27/h6-11,13H,2-5,12H2,1H3,(H,26,27)(H2,23,24,25,29). The number of carbonyl (C=O) groups is 2. The molecule has 0 bridgehead atoms. The van der Waals surface area contributed by atoms with Crippen LogP contribution < -0.4 is 15.4 Å². The summed E-state index contributed by atoms with van der Waals surface area (Å²) in [5, 5.41) is 14.7. The van der Waals surface area contributed by atoms with E-state index in [-0.39, 0.29) is 16.6 Å². The molecule has 0 aliphatic heterocycles. The first-order valence-corrected chi connectivity index (χ1v) is 10.8. The number of carboxylic acid groups (broad SMARTS) is 1. The molecule has 0 saturated heterocycles. The molecule has 0 aromatic heterocycles. The first-order valence-electron chi connectivity index (χ1n) is 9.28. The van der Waals surface area contributed by atoms with E-state index < -0.39 is 5.97 Å². The first-order chi connectivity index (χ1) is 13.9. The minimum Gasteiger partial charge on any atom is -0.494 e. The van der Waals surface area contributed by atoms with E-state index >= 15 is 0 Å². The maximum atomic E-state index is 12.4. The highest BCUT2D eigenvalue weighted by Crippen LogP contribution is 2.19. The molecule has 0 atom stereocenters. The van der Waals surface area contributed by atoms with E-state index in [2.05, 4.69) is 17.6 Å². The number of anilines is 1. The van der Waals surface area contributed by atoms with Gasteiger partial charge >= 0.3 is 5.97 Å². The van der Waals surface area contributed by atoms with E-state index in [1.807, 2.05) is 22.6 Å². The Labute approximate surface area is 189 Å². The van der Waals surface area contributed by atoms with Crippen LogP contribution in [0.3, 0.4) is 0 Å². The second-order valence-electron chi connectivity index (χ2n) is 6.34. The number of carbonyl (C=O) groups excluding carboxylic acids is 1. The molecule has 8 heteroatoms. The van der Waals surface area contributed by atoms with Crippen LogP contribution in [0.15, 0.2) is 42.5 Å². The van der Waals surface area contributed by atoms with Gasteiger partial charge < -0.3 is 15.2 Å². The second kappa shape index (κ2) is 11.7. The molecule has 2 aromatic carbocycles. The Morgan fingerprint density at radius 1 is 1.10 bits per heavy atom. The molecule has 0 aliphatic carbocycles. The van der Waals surface area contributed by atoms with Gasteiger partial charge in [0.2, 0.25) is 0 Å². The van der Waals surface area contributed by atoms with Crippen LogP contribution in [0, 0.1) is 3.57 Å². The van der Waals surface area contributed by atoms with Gasteiger partial charge in [0.1, 0.15) is 5.75 Å². The average Bonchev–Trinajstić information content (AvgIpc) is 2.69. The van der Waals surface area contributed by atoms with Crippen LogP contribution in [0.2, 0.25) is 0 Å². The van der Waals surface area contributed by atoms with Crippen LogP contribution in [0.25, 0.3) is 0 Å². The van der Waals surface area contributed by atoms with Gasteiger partial charge in [0, 0.05) is 9.13 Å². The summed E-state index contributed by atoms with van der Waals surface area (Å²) in [5.74, 6) is -0.756. The van der Waals surface area contributed by atoms with Crippen molar-refractivity contribution in [3.05, 3.63) is 57.2 Å². The lowest BCUT2D eigenvalue weighted by Gasteiger charge is -2.12. The van der Waals surface area contributed by atoms with Crippen LogP contribution in [-0.2, 0) is 0 Å². The van der Waals surface area contributed by atoms with Crippen molar-refractivity contribution < 1.29 is 19.4 Å². The zero-order valence-electron chi connectivity index (χ0n) is 16.0. The van der Waals surface area contributed by atoms with Gasteiger partial charge in [-0.15, -0.1) is 0 Å². The van der Waals surface area contributed by atoms with E-state index in [0.717, 1.165) is 16.4 Å². The Balaban J connectivity index is 1.90. The predicted octanol–water partition coefficient (Wildman–Crippen LogP) is 5.08. The molecule has 154 valence electrons. The molecule has 0 aliphatic rings. The summed E-state index contributed by atoms with van der Waals surface area (Å²) in [7, 11) is 0. The number of hydrogen-bond acceptors (Lipinski definition) is 4. The summed E-state index contributed by atoms with van der Waals surface area (Å²) < 4.78 is 6.45. The summed E-state index contributed by atoms with van der Waals surface area (Å²) in [6.07, 6.45) is 4.53. The number of rotatable bonds is 9. The van der Waals surface area contributed by atoms with Crippen molar-refractivity contribution in [1.82, 2.24) is 5.32 Å². The maximum absolute atomic E-state index is 12.4.